The Labute approximate surface area is 125 Å². The van der Waals surface area contributed by atoms with Gasteiger partial charge in [-0.1, -0.05) is 0 Å². The lowest BCUT2D eigenvalue weighted by Gasteiger charge is -2.18. The zero-order valence-electron chi connectivity index (χ0n) is 12.0. The van der Waals surface area contributed by atoms with Crippen molar-refractivity contribution < 1.29 is 14.7 Å². The fraction of sp³-hybridized carbons (Fsp3) is 0.385. The standard InChI is InChI=1S/C13H16N4O3S/c1-7-9-11(17(3)5-4-8(18)14-2)15-6-16-12(9)21-10(7)13(19)20/h6H,4-5H2,1-3H3,(H,14,18)(H,19,20). The molecule has 0 unspecified atom stereocenters. The first kappa shape index (κ1) is 15.2. The summed E-state index contributed by atoms with van der Waals surface area (Å²) >= 11 is 1.14. The van der Waals surface area contributed by atoms with E-state index in [-0.39, 0.29) is 10.8 Å². The maximum absolute atomic E-state index is 11.3. The normalized spacial score (nSPS) is 10.6. The number of carbonyl (C=O) groups is 2. The Morgan fingerprint density at radius 3 is 2.76 bits per heavy atom. The van der Waals surface area contributed by atoms with Crippen LogP contribution >= 0.6 is 11.3 Å². The lowest BCUT2D eigenvalue weighted by atomic mass is 10.2. The fourth-order valence-corrected chi connectivity index (χ4v) is 3.03. The Balaban J connectivity index is 2.39. The van der Waals surface area contributed by atoms with Gasteiger partial charge in [-0.15, -0.1) is 11.3 Å². The van der Waals surface area contributed by atoms with E-state index in [1.807, 2.05) is 11.9 Å². The van der Waals surface area contributed by atoms with Gasteiger partial charge in [-0.3, -0.25) is 4.79 Å². The molecule has 0 aliphatic carbocycles. The number of carboxylic acids is 1. The molecule has 2 N–H and O–H groups in total. The second-order valence-electron chi connectivity index (χ2n) is 4.58. The van der Waals surface area contributed by atoms with Gasteiger partial charge in [0.05, 0.1) is 5.39 Å². The van der Waals surface area contributed by atoms with E-state index in [1.165, 1.54) is 6.33 Å². The molecule has 8 heteroatoms. The third kappa shape index (κ3) is 2.94. The van der Waals surface area contributed by atoms with Crippen LogP contribution in [0.5, 0.6) is 0 Å². The van der Waals surface area contributed by atoms with Gasteiger partial charge in [0, 0.05) is 27.1 Å². The zero-order chi connectivity index (χ0) is 15.6. The van der Waals surface area contributed by atoms with Gasteiger partial charge in [0.15, 0.2) is 0 Å². The zero-order valence-corrected chi connectivity index (χ0v) is 12.8. The second kappa shape index (κ2) is 6.04. The smallest absolute Gasteiger partial charge is 0.346 e. The van der Waals surface area contributed by atoms with Crippen LogP contribution in [0.1, 0.15) is 21.7 Å². The maximum Gasteiger partial charge on any atom is 0.346 e. The summed E-state index contributed by atoms with van der Waals surface area (Å²) in [7, 11) is 3.41. The van der Waals surface area contributed by atoms with Gasteiger partial charge in [-0.05, 0) is 12.5 Å². The molecule has 0 saturated heterocycles. The van der Waals surface area contributed by atoms with Crippen molar-refractivity contribution in [1.82, 2.24) is 15.3 Å². The molecular formula is C13H16N4O3S. The number of carboxylic acid groups (broad SMARTS) is 1. The molecule has 2 aromatic heterocycles. The quantitative estimate of drug-likeness (QED) is 0.863. The van der Waals surface area contributed by atoms with Crippen LogP contribution in [0.25, 0.3) is 10.2 Å². The predicted octanol–water partition coefficient (Wildman–Crippen LogP) is 1.27. The van der Waals surface area contributed by atoms with E-state index >= 15 is 0 Å². The molecule has 21 heavy (non-hydrogen) atoms. The summed E-state index contributed by atoms with van der Waals surface area (Å²) in [4.78, 5) is 33.7. The summed E-state index contributed by atoms with van der Waals surface area (Å²) in [5.41, 5.74) is 0.657. The molecule has 7 nitrogen and oxygen atoms in total. The summed E-state index contributed by atoms with van der Waals surface area (Å²) in [6.45, 7) is 2.24. The number of amides is 1. The van der Waals surface area contributed by atoms with Crippen LogP contribution in [-0.4, -0.2) is 47.6 Å². The van der Waals surface area contributed by atoms with Gasteiger partial charge in [0.1, 0.15) is 21.9 Å². The highest BCUT2D eigenvalue weighted by molar-refractivity contribution is 7.20. The molecule has 2 heterocycles. The average molecular weight is 308 g/mol. The van der Waals surface area contributed by atoms with E-state index in [0.29, 0.717) is 29.2 Å². The fourth-order valence-electron chi connectivity index (χ4n) is 2.05. The lowest BCUT2D eigenvalue weighted by Crippen LogP contribution is -2.27. The van der Waals surface area contributed by atoms with Crippen molar-refractivity contribution >= 4 is 39.2 Å². The van der Waals surface area contributed by atoms with Gasteiger partial charge in [0.2, 0.25) is 5.91 Å². The van der Waals surface area contributed by atoms with E-state index in [1.54, 1.807) is 14.0 Å². The van der Waals surface area contributed by atoms with Crippen molar-refractivity contribution in [3.63, 3.8) is 0 Å². The van der Waals surface area contributed by atoms with E-state index in [4.69, 9.17) is 0 Å². The number of rotatable bonds is 5. The molecule has 1 amide bonds. The van der Waals surface area contributed by atoms with Gasteiger partial charge in [-0.2, -0.15) is 0 Å². The minimum absolute atomic E-state index is 0.0552. The molecular weight excluding hydrogens is 292 g/mol. The predicted molar refractivity (Wildman–Crippen MR) is 81.1 cm³/mol. The van der Waals surface area contributed by atoms with E-state index in [9.17, 15) is 14.7 Å². The van der Waals surface area contributed by atoms with Gasteiger partial charge in [0.25, 0.3) is 0 Å². The number of aryl methyl sites for hydroxylation is 1. The lowest BCUT2D eigenvalue weighted by molar-refractivity contribution is -0.120. The number of nitrogens with one attached hydrogen (secondary N) is 1. The number of fused-ring (bicyclic) bond motifs is 1. The molecule has 2 rings (SSSR count). The van der Waals surface area contributed by atoms with Crippen LogP contribution in [0.2, 0.25) is 0 Å². The number of thiophene rings is 1. The molecule has 2 aromatic rings. The highest BCUT2D eigenvalue weighted by Crippen LogP contribution is 2.34. The minimum Gasteiger partial charge on any atom is -0.477 e. The summed E-state index contributed by atoms with van der Waals surface area (Å²) in [6, 6.07) is 0. The molecule has 0 radical (unpaired) electrons. The number of aromatic nitrogens is 2. The van der Waals surface area contributed by atoms with E-state index in [2.05, 4.69) is 15.3 Å². The second-order valence-corrected chi connectivity index (χ2v) is 5.58. The summed E-state index contributed by atoms with van der Waals surface area (Å²) < 4.78 is 0. The van der Waals surface area contributed by atoms with E-state index < -0.39 is 5.97 Å². The Bertz CT molecular complexity index is 698. The molecule has 0 aliphatic rings. The van der Waals surface area contributed by atoms with Crippen LogP contribution in [0.4, 0.5) is 5.82 Å². The number of aromatic carboxylic acids is 1. The summed E-state index contributed by atoms with van der Waals surface area (Å²) in [6.07, 6.45) is 1.75. The SMILES string of the molecule is CNC(=O)CCN(C)c1ncnc2sc(C(=O)O)c(C)c12. The van der Waals surface area contributed by atoms with Crippen LogP contribution in [0.3, 0.4) is 0 Å². The Morgan fingerprint density at radius 2 is 2.14 bits per heavy atom. The molecule has 112 valence electrons. The largest absolute Gasteiger partial charge is 0.477 e. The maximum atomic E-state index is 11.3. The highest BCUT2D eigenvalue weighted by Gasteiger charge is 2.20. The van der Waals surface area contributed by atoms with Gasteiger partial charge >= 0.3 is 5.97 Å². The molecule has 0 aliphatic heterocycles. The third-order valence-electron chi connectivity index (χ3n) is 3.22. The van der Waals surface area contributed by atoms with Crippen molar-refractivity contribution in [2.24, 2.45) is 0 Å². The summed E-state index contributed by atoms with van der Waals surface area (Å²) in [5.74, 6) is -0.375. The molecule has 0 atom stereocenters. The number of hydrogen-bond acceptors (Lipinski definition) is 6. The number of carbonyl (C=O) groups excluding carboxylic acids is 1. The number of anilines is 1. The third-order valence-corrected chi connectivity index (χ3v) is 4.40. The van der Waals surface area contributed by atoms with Crippen molar-refractivity contribution in [3.8, 4) is 0 Å². The number of hydrogen-bond donors (Lipinski definition) is 2. The van der Waals surface area contributed by atoms with Crippen LogP contribution < -0.4 is 10.2 Å². The summed E-state index contributed by atoms with van der Waals surface area (Å²) in [5, 5.41) is 12.5. The minimum atomic E-state index is -0.963. The van der Waals surface area contributed by atoms with E-state index in [0.717, 1.165) is 16.7 Å². The first-order valence-electron chi connectivity index (χ1n) is 6.34. The molecule has 0 spiro atoms. The van der Waals surface area contributed by atoms with Crippen molar-refractivity contribution in [1.29, 1.82) is 0 Å². The number of nitrogens with zero attached hydrogens (tertiary/aromatic N) is 3. The molecule has 0 saturated carbocycles. The van der Waals surface area contributed by atoms with Crippen molar-refractivity contribution in [2.75, 3.05) is 25.5 Å². The van der Waals surface area contributed by atoms with Gasteiger partial charge in [-0.25, -0.2) is 14.8 Å². The Kier molecular flexibility index (Phi) is 4.37. The molecule has 0 bridgehead atoms. The first-order chi connectivity index (χ1) is 9.95. The monoisotopic (exact) mass is 308 g/mol. The topological polar surface area (TPSA) is 95.4 Å². The Hall–Kier alpha value is -2.22. The molecule has 0 aromatic carbocycles. The Morgan fingerprint density at radius 1 is 1.43 bits per heavy atom. The van der Waals surface area contributed by atoms with Crippen molar-refractivity contribution in [3.05, 3.63) is 16.8 Å². The highest BCUT2D eigenvalue weighted by atomic mass is 32.1. The molecule has 0 fully saturated rings. The van der Waals surface area contributed by atoms with Crippen molar-refractivity contribution in [2.45, 2.75) is 13.3 Å². The van der Waals surface area contributed by atoms with Crippen LogP contribution in [0.15, 0.2) is 6.33 Å². The average Bonchev–Trinajstić information content (AvgIpc) is 2.82. The van der Waals surface area contributed by atoms with Crippen LogP contribution in [0, 0.1) is 6.92 Å². The van der Waals surface area contributed by atoms with Crippen LogP contribution in [-0.2, 0) is 4.79 Å². The van der Waals surface area contributed by atoms with Gasteiger partial charge < -0.3 is 15.3 Å². The first-order valence-corrected chi connectivity index (χ1v) is 7.16.